The zero-order chi connectivity index (χ0) is 19.6. The van der Waals surface area contributed by atoms with E-state index in [2.05, 4.69) is 15.4 Å². The van der Waals surface area contributed by atoms with Gasteiger partial charge in [0, 0.05) is 29.2 Å². The summed E-state index contributed by atoms with van der Waals surface area (Å²) in [5.74, 6) is -0.0315. The maximum Gasteiger partial charge on any atom is 0.227 e. The first-order chi connectivity index (χ1) is 12.8. The molecule has 0 spiro atoms. The number of amides is 1. The van der Waals surface area contributed by atoms with Gasteiger partial charge in [0.15, 0.2) is 5.82 Å². The van der Waals surface area contributed by atoms with Crippen molar-refractivity contribution in [2.45, 2.75) is 13.0 Å². The summed E-state index contributed by atoms with van der Waals surface area (Å²) in [6.45, 7) is 0.284. The van der Waals surface area contributed by atoms with Gasteiger partial charge in [0.2, 0.25) is 5.91 Å². The number of hydrogen-bond donors (Lipinski definition) is 1. The Hall–Kier alpha value is -2.15. The summed E-state index contributed by atoms with van der Waals surface area (Å²) in [7, 11) is 1.67. The quantitative estimate of drug-likeness (QED) is 0.655. The summed E-state index contributed by atoms with van der Waals surface area (Å²) >= 11 is 17.6. The molecule has 0 saturated heterocycles. The van der Waals surface area contributed by atoms with Crippen molar-refractivity contribution in [3.05, 3.63) is 68.7 Å². The van der Waals surface area contributed by atoms with Crippen molar-refractivity contribution in [1.82, 2.24) is 20.1 Å². The smallest absolute Gasteiger partial charge is 0.227 e. The lowest BCUT2D eigenvalue weighted by atomic mass is 10.2. The summed E-state index contributed by atoms with van der Waals surface area (Å²) in [5, 5.41) is 8.03. The fraction of sp³-hybridized carbons (Fsp3) is 0.167. The fourth-order valence-corrected chi connectivity index (χ4v) is 3.14. The van der Waals surface area contributed by atoms with Crippen molar-refractivity contribution in [3.8, 4) is 11.4 Å². The number of hydrogen-bond acceptors (Lipinski definition) is 3. The number of benzene rings is 2. The first-order valence-electron chi connectivity index (χ1n) is 7.89. The maximum absolute atomic E-state index is 13.6. The molecular weight excluding hydrogens is 414 g/mol. The van der Waals surface area contributed by atoms with Crippen molar-refractivity contribution < 1.29 is 9.18 Å². The number of rotatable bonds is 5. The van der Waals surface area contributed by atoms with Crippen molar-refractivity contribution in [2.24, 2.45) is 7.05 Å². The molecule has 0 unspecified atom stereocenters. The minimum atomic E-state index is -0.555. The van der Waals surface area contributed by atoms with E-state index in [0.29, 0.717) is 27.3 Å². The Kier molecular flexibility index (Phi) is 5.99. The molecule has 1 amide bonds. The van der Waals surface area contributed by atoms with Crippen LogP contribution in [0.1, 0.15) is 11.4 Å². The molecule has 5 nitrogen and oxygen atoms in total. The lowest BCUT2D eigenvalue weighted by Crippen LogP contribution is -2.25. The Morgan fingerprint density at radius 1 is 1.15 bits per heavy atom. The molecule has 1 aromatic heterocycles. The average molecular weight is 428 g/mol. The summed E-state index contributed by atoms with van der Waals surface area (Å²) < 4.78 is 15.1. The average Bonchev–Trinajstić information content (AvgIpc) is 2.95. The zero-order valence-electron chi connectivity index (χ0n) is 14.1. The molecule has 0 bridgehead atoms. The Morgan fingerprint density at radius 2 is 1.85 bits per heavy atom. The van der Waals surface area contributed by atoms with E-state index in [1.807, 2.05) is 0 Å². The van der Waals surface area contributed by atoms with Crippen molar-refractivity contribution in [3.63, 3.8) is 0 Å². The summed E-state index contributed by atoms with van der Waals surface area (Å²) in [5.41, 5.74) is 1.27. The summed E-state index contributed by atoms with van der Waals surface area (Å²) in [4.78, 5) is 16.5. The highest BCUT2D eigenvalue weighted by atomic mass is 35.5. The first-order valence-corrected chi connectivity index (χ1v) is 9.02. The Morgan fingerprint density at radius 3 is 2.52 bits per heavy atom. The van der Waals surface area contributed by atoms with Gasteiger partial charge in [0.05, 0.1) is 11.4 Å². The second-order valence-electron chi connectivity index (χ2n) is 5.84. The summed E-state index contributed by atoms with van der Waals surface area (Å²) in [6.07, 6.45) is 0.0217. The van der Waals surface area contributed by atoms with E-state index in [-0.39, 0.29) is 23.9 Å². The van der Waals surface area contributed by atoms with E-state index in [1.165, 1.54) is 16.8 Å². The minimum absolute atomic E-state index is 0.0217. The molecule has 3 rings (SSSR count). The number of carbonyl (C=O) groups is 1. The number of aromatic nitrogens is 3. The van der Waals surface area contributed by atoms with Gasteiger partial charge in [-0.15, -0.1) is 0 Å². The zero-order valence-corrected chi connectivity index (χ0v) is 16.4. The molecule has 0 aliphatic heterocycles. The molecule has 1 N–H and O–H groups in total. The van der Waals surface area contributed by atoms with Crippen LogP contribution >= 0.6 is 34.8 Å². The SMILES string of the molecule is Cn1nc(-c2ccc(Cl)c(F)c2)nc1CC(=O)NCc1cc(Cl)cc(Cl)c1. The van der Waals surface area contributed by atoms with E-state index in [9.17, 15) is 9.18 Å². The van der Waals surface area contributed by atoms with Gasteiger partial charge in [-0.25, -0.2) is 9.37 Å². The van der Waals surface area contributed by atoms with Gasteiger partial charge in [-0.2, -0.15) is 5.10 Å². The second-order valence-corrected chi connectivity index (χ2v) is 7.12. The molecule has 0 saturated carbocycles. The van der Waals surface area contributed by atoms with Gasteiger partial charge in [-0.1, -0.05) is 34.8 Å². The van der Waals surface area contributed by atoms with E-state index >= 15 is 0 Å². The van der Waals surface area contributed by atoms with Gasteiger partial charge in [-0.3, -0.25) is 9.48 Å². The van der Waals surface area contributed by atoms with Crippen molar-refractivity contribution in [1.29, 1.82) is 0 Å². The third kappa shape index (κ3) is 4.97. The number of halogens is 4. The third-order valence-corrected chi connectivity index (χ3v) is 4.50. The molecule has 0 aliphatic rings. The van der Waals surface area contributed by atoms with Gasteiger partial charge in [0.1, 0.15) is 11.6 Å². The highest BCUT2D eigenvalue weighted by Crippen LogP contribution is 2.22. The predicted molar refractivity (Wildman–Crippen MR) is 103 cm³/mol. The highest BCUT2D eigenvalue weighted by Gasteiger charge is 2.14. The Bertz CT molecular complexity index is 986. The molecule has 9 heteroatoms. The van der Waals surface area contributed by atoms with Crippen LogP contribution in [0.25, 0.3) is 11.4 Å². The maximum atomic E-state index is 13.6. The van der Waals surface area contributed by atoms with E-state index in [4.69, 9.17) is 34.8 Å². The third-order valence-electron chi connectivity index (χ3n) is 3.76. The van der Waals surface area contributed by atoms with E-state index < -0.39 is 5.82 Å². The van der Waals surface area contributed by atoms with Crippen LogP contribution in [0.4, 0.5) is 4.39 Å². The number of nitrogens with zero attached hydrogens (tertiary/aromatic N) is 3. The molecule has 0 fully saturated rings. The monoisotopic (exact) mass is 426 g/mol. The Balaban J connectivity index is 1.67. The van der Waals surface area contributed by atoms with Crippen LogP contribution in [-0.4, -0.2) is 20.7 Å². The van der Waals surface area contributed by atoms with Gasteiger partial charge < -0.3 is 5.32 Å². The van der Waals surface area contributed by atoms with Crippen LogP contribution in [0.5, 0.6) is 0 Å². The standard InChI is InChI=1S/C18H14Cl3FN4O/c1-26-16(24-18(25-26)11-2-3-14(21)15(22)6-11)8-17(27)23-9-10-4-12(19)7-13(20)5-10/h2-7H,8-9H2,1H3,(H,23,27). The number of nitrogens with one attached hydrogen (secondary N) is 1. The predicted octanol–water partition coefficient (Wildman–Crippen LogP) is 4.44. The topological polar surface area (TPSA) is 59.8 Å². The highest BCUT2D eigenvalue weighted by molar-refractivity contribution is 6.34. The van der Waals surface area contributed by atoms with Crippen LogP contribution in [0.15, 0.2) is 36.4 Å². The van der Waals surface area contributed by atoms with Crippen LogP contribution < -0.4 is 5.32 Å². The molecule has 140 valence electrons. The minimum Gasteiger partial charge on any atom is -0.352 e. The molecule has 2 aromatic carbocycles. The van der Waals surface area contributed by atoms with Crippen LogP contribution in [0.2, 0.25) is 15.1 Å². The van der Waals surface area contributed by atoms with Gasteiger partial charge in [-0.05, 0) is 42.0 Å². The number of carbonyl (C=O) groups excluding carboxylic acids is 1. The van der Waals surface area contributed by atoms with Crippen molar-refractivity contribution >= 4 is 40.7 Å². The molecule has 3 aromatic rings. The lowest BCUT2D eigenvalue weighted by molar-refractivity contribution is -0.120. The van der Waals surface area contributed by atoms with Gasteiger partial charge in [0.25, 0.3) is 0 Å². The molecule has 27 heavy (non-hydrogen) atoms. The summed E-state index contributed by atoms with van der Waals surface area (Å²) in [6, 6.07) is 9.38. The van der Waals surface area contributed by atoms with Crippen LogP contribution in [0.3, 0.4) is 0 Å². The van der Waals surface area contributed by atoms with Gasteiger partial charge >= 0.3 is 0 Å². The fourth-order valence-electron chi connectivity index (χ4n) is 2.45. The normalized spacial score (nSPS) is 10.9. The molecule has 0 radical (unpaired) electrons. The molecule has 1 heterocycles. The molecule has 0 atom stereocenters. The van der Waals surface area contributed by atoms with E-state index in [1.54, 1.807) is 31.3 Å². The van der Waals surface area contributed by atoms with E-state index in [0.717, 1.165) is 5.56 Å². The second kappa shape index (κ2) is 8.25. The van der Waals surface area contributed by atoms with Crippen LogP contribution in [-0.2, 0) is 24.8 Å². The molecular formula is C18H14Cl3FN4O. The molecule has 0 aliphatic carbocycles. The Labute approximate surface area is 170 Å². The number of aryl methyl sites for hydroxylation is 1. The largest absolute Gasteiger partial charge is 0.352 e. The van der Waals surface area contributed by atoms with Crippen LogP contribution in [0, 0.1) is 5.82 Å². The first kappa shape index (κ1) is 19.6. The van der Waals surface area contributed by atoms with Crippen molar-refractivity contribution in [2.75, 3.05) is 0 Å². The lowest BCUT2D eigenvalue weighted by Gasteiger charge is -2.06.